The van der Waals surface area contributed by atoms with E-state index in [0.29, 0.717) is 17.8 Å². The van der Waals surface area contributed by atoms with Gasteiger partial charge in [-0.05, 0) is 105 Å². The zero-order valence-electron chi connectivity index (χ0n) is 22.0. The van der Waals surface area contributed by atoms with Crippen molar-refractivity contribution in [2.75, 3.05) is 10.2 Å². The first-order valence-electron chi connectivity index (χ1n) is 11.8. The molecule has 37 heavy (non-hydrogen) atoms. The standard InChI is InChI=1S/C29H30Br2N2O4/c1-8-20-13-23(28(35)33(19(7)34)27-16(4)11-22(31)12-17(27)5)24(29(36)37)26(18(20)6)32-25-14(2)9-21(30)10-15(25)3/h9-13,32H,8H2,1-7H3,(H,36,37). The number of hydrogen-bond acceptors (Lipinski definition) is 4. The molecule has 0 saturated heterocycles. The minimum atomic E-state index is -1.25. The van der Waals surface area contributed by atoms with Gasteiger partial charge in [-0.25, -0.2) is 9.69 Å². The number of anilines is 3. The number of imide groups is 1. The van der Waals surface area contributed by atoms with E-state index in [-0.39, 0.29) is 11.1 Å². The number of nitrogens with zero attached hydrogens (tertiary/aromatic N) is 1. The molecule has 3 rings (SSSR count). The smallest absolute Gasteiger partial charge is 0.338 e. The molecule has 2 N–H and O–H groups in total. The van der Waals surface area contributed by atoms with E-state index in [1.165, 1.54) is 6.92 Å². The van der Waals surface area contributed by atoms with E-state index >= 15 is 0 Å². The molecule has 0 atom stereocenters. The summed E-state index contributed by atoms with van der Waals surface area (Å²) < 4.78 is 1.74. The molecule has 2 amide bonds. The maximum atomic E-state index is 14.1. The first-order valence-corrected chi connectivity index (χ1v) is 13.4. The summed E-state index contributed by atoms with van der Waals surface area (Å²) in [6.07, 6.45) is 0.579. The Labute approximate surface area is 234 Å². The van der Waals surface area contributed by atoms with Crippen molar-refractivity contribution in [3.63, 3.8) is 0 Å². The Morgan fingerprint density at radius 2 is 1.32 bits per heavy atom. The average molecular weight is 630 g/mol. The minimum absolute atomic E-state index is 0.0400. The number of benzene rings is 3. The zero-order chi connectivity index (χ0) is 27.8. The Morgan fingerprint density at radius 1 is 0.838 bits per heavy atom. The van der Waals surface area contributed by atoms with E-state index in [0.717, 1.165) is 52.9 Å². The quantitative estimate of drug-likeness (QED) is 0.289. The second-order valence-corrected chi connectivity index (χ2v) is 11.0. The van der Waals surface area contributed by atoms with Crippen molar-refractivity contribution in [1.29, 1.82) is 0 Å². The maximum Gasteiger partial charge on any atom is 0.338 e. The van der Waals surface area contributed by atoms with Crippen LogP contribution in [0, 0.1) is 34.6 Å². The molecule has 0 radical (unpaired) electrons. The lowest BCUT2D eigenvalue weighted by Gasteiger charge is -2.26. The predicted octanol–water partition coefficient (Wildman–Crippen LogP) is 7.95. The van der Waals surface area contributed by atoms with E-state index < -0.39 is 17.8 Å². The molecule has 6 nitrogen and oxygen atoms in total. The SMILES string of the molecule is CCc1cc(C(=O)N(C(C)=O)c2c(C)cc(Br)cc2C)c(C(=O)O)c(Nc2c(C)cc(Br)cc2C)c1C. The molecule has 0 unspecified atom stereocenters. The van der Waals surface area contributed by atoms with Crippen LogP contribution in [-0.2, 0) is 11.2 Å². The number of amides is 2. The summed E-state index contributed by atoms with van der Waals surface area (Å²) in [5, 5.41) is 13.7. The maximum absolute atomic E-state index is 14.1. The number of carbonyl (C=O) groups is 3. The number of carboxylic acid groups (broad SMARTS) is 1. The molecule has 194 valence electrons. The molecular weight excluding hydrogens is 600 g/mol. The third-order valence-electron chi connectivity index (χ3n) is 6.46. The summed E-state index contributed by atoms with van der Waals surface area (Å²) in [4.78, 5) is 40.7. The molecule has 8 heteroatoms. The Bertz CT molecular complexity index is 1400. The van der Waals surface area contributed by atoms with Gasteiger partial charge in [-0.2, -0.15) is 0 Å². The van der Waals surface area contributed by atoms with E-state index in [4.69, 9.17) is 0 Å². The molecule has 0 saturated carbocycles. The molecule has 3 aromatic rings. The number of aryl methyl sites for hydroxylation is 5. The summed E-state index contributed by atoms with van der Waals surface area (Å²) in [6, 6.07) is 9.13. The lowest BCUT2D eigenvalue weighted by molar-refractivity contribution is -0.116. The fourth-order valence-corrected chi connectivity index (χ4v) is 6.14. The van der Waals surface area contributed by atoms with Crippen molar-refractivity contribution in [2.45, 2.75) is 54.9 Å². The van der Waals surface area contributed by atoms with Gasteiger partial charge in [0.25, 0.3) is 5.91 Å². The zero-order valence-corrected chi connectivity index (χ0v) is 25.1. The van der Waals surface area contributed by atoms with Gasteiger partial charge in [0.15, 0.2) is 0 Å². The topological polar surface area (TPSA) is 86.7 Å². The summed E-state index contributed by atoms with van der Waals surface area (Å²) in [6.45, 7) is 12.6. The highest BCUT2D eigenvalue weighted by molar-refractivity contribution is 9.10. The van der Waals surface area contributed by atoms with E-state index in [2.05, 4.69) is 37.2 Å². The average Bonchev–Trinajstić information content (AvgIpc) is 2.78. The van der Waals surface area contributed by atoms with Crippen molar-refractivity contribution in [3.8, 4) is 0 Å². The van der Waals surface area contributed by atoms with Crippen LogP contribution in [0.2, 0.25) is 0 Å². The molecule has 3 aromatic carbocycles. The van der Waals surface area contributed by atoms with Gasteiger partial charge in [0.1, 0.15) is 0 Å². The molecular formula is C29H30Br2N2O4. The van der Waals surface area contributed by atoms with Crippen LogP contribution < -0.4 is 10.2 Å². The van der Waals surface area contributed by atoms with E-state index in [9.17, 15) is 19.5 Å². The summed E-state index contributed by atoms with van der Waals surface area (Å²) in [5.41, 5.74) is 6.18. The third kappa shape index (κ3) is 5.65. The van der Waals surface area contributed by atoms with Crippen molar-refractivity contribution < 1.29 is 19.5 Å². The van der Waals surface area contributed by atoms with Crippen LogP contribution in [0.15, 0.2) is 39.3 Å². The van der Waals surface area contributed by atoms with Crippen LogP contribution in [0.3, 0.4) is 0 Å². The number of carboxylic acids is 1. The van der Waals surface area contributed by atoms with Crippen LogP contribution in [-0.4, -0.2) is 22.9 Å². The number of carbonyl (C=O) groups excluding carboxylic acids is 2. The molecule has 0 bridgehead atoms. The highest BCUT2D eigenvalue weighted by Gasteiger charge is 2.31. The van der Waals surface area contributed by atoms with Crippen LogP contribution in [0.25, 0.3) is 0 Å². The molecule has 0 aliphatic heterocycles. The summed E-state index contributed by atoms with van der Waals surface area (Å²) in [7, 11) is 0. The van der Waals surface area contributed by atoms with Gasteiger partial charge in [-0.3, -0.25) is 9.59 Å². The Balaban J connectivity index is 2.33. The van der Waals surface area contributed by atoms with Gasteiger partial charge in [-0.1, -0.05) is 38.8 Å². The fourth-order valence-electron chi connectivity index (χ4n) is 4.76. The van der Waals surface area contributed by atoms with Gasteiger partial charge in [0.05, 0.1) is 22.5 Å². The predicted molar refractivity (Wildman–Crippen MR) is 156 cm³/mol. The molecule has 0 aliphatic rings. The van der Waals surface area contributed by atoms with Crippen LogP contribution in [0.1, 0.15) is 67.9 Å². The van der Waals surface area contributed by atoms with E-state index in [1.54, 1.807) is 6.07 Å². The van der Waals surface area contributed by atoms with Gasteiger partial charge >= 0.3 is 5.97 Å². The Hall–Kier alpha value is -2.97. The fraction of sp³-hybridized carbons (Fsp3) is 0.276. The molecule has 0 heterocycles. The van der Waals surface area contributed by atoms with Crippen LogP contribution in [0.5, 0.6) is 0 Å². The molecule has 0 aliphatic carbocycles. The van der Waals surface area contributed by atoms with Gasteiger partial charge in [0, 0.05) is 21.6 Å². The number of hydrogen-bond donors (Lipinski definition) is 2. The molecule has 0 aromatic heterocycles. The number of nitrogens with one attached hydrogen (secondary N) is 1. The van der Waals surface area contributed by atoms with Gasteiger partial charge in [-0.15, -0.1) is 0 Å². The first kappa shape index (κ1) is 28.6. The van der Waals surface area contributed by atoms with Crippen molar-refractivity contribution in [3.05, 3.63) is 83.8 Å². The van der Waals surface area contributed by atoms with Crippen molar-refractivity contribution >= 4 is 66.7 Å². The van der Waals surface area contributed by atoms with Crippen molar-refractivity contribution in [2.24, 2.45) is 0 Å². The minimum Gasteiger partial charge on any atom is -0.478 e. The lowest BCUT2D eigenvalue weighted by atomic mass is 9.93. The molecule has 0 fully saturated rings. The van der Waals surface area contributed by atoms with Gasteiger partial charge in [0.2, 0.25) is 5.91 Å². The van der Waals surface area contributed by atoms with E-state index in [1.807, 2.05) is 65.8 Å². The number of halogens is 2. The second kappa shape index (κ2) is 11.2. The summed E-state index contributed by atoms with van der Waals surface area (Å²) in [5.74, 6) is -2.43. The number of aromatic carboxylic acids is 1. The highest BCUT2D eigenvalue weighted by Crippen LogP contribution is 2.37. The van der Waals surface area contributed by atoms with Crippen LogP contribution >= 0.6 is 31.9 Å². The highest BCUT2D eigenvalue weighted by atomic mass is 79.9. The third-order valence-corrected chi connectivity index (χ3v) is 7.38. The Kier molecular flexibility index (Phi) is 8.65. The van der Waals surface area contributed by atoms with Crippen LogP contribution in [0.4, 0.5) is 17.1 Å². The normalized spacial score (nSPS) is 10.8. The largest absolute Gasteiger partial charge is 0.478 e. The Morgan fingerprint density at radius 3 is 1.76 bits per heavy atom. The number of rotatable bonds is 6. The first-order chi connectivity index (χ1) is 17.3. The monoisotopic (exact) mass is 628 g/mol. The lowest BCUT2D eigenvalue weighted by Crippen LogP contribution is -2.37. The van der Waals surface area contributed by atoms with Gasteiger partial charge < -0.3 is 10.4 Å². The second-order valence-electron chi connectivity index (χ2n) is 9.20. The summed E-state index contributed by atoms with van der Waals surface area (Å²) >= 11 is 6.95. The van der Waals surface area contributed by atoms with Crippen molar-refractivity contribution in [1.82, 2.24) is 0 Å². The molecule has 0 spiro atoms.